The van der Waals surface area contributed by atoms with Crippen LogP contribution in [0.1, 0.15) is 64.1 Å². The summed E-state index contributed by atoms with van der Waals surface area (Å²) in [6.45, 7) is 8.90. The Hall–Kier alpha value is -3.92. The highest BCUT2D eigenvalue weighted by atomic mass is 16.2. The number of rotatable bonds is 9. The summed E-state index contributed by atoms with van der Waals surface area (Å²) < 4.78 is 0. The van der Waals surface area contributed by atoms with E-state index < -0.39 is 6.04 Å². The van der Waals surface area contributed by atoms with Crippen LogP contribution in [0.25, 0.3) is 11.1 Å². The Morgan fingerprint density at radius 2 is 1.35 bits per heavy atom. The van der Waals surface area contributed by atoms with Crippen molar-refractivity contribution in [2.75, 3.05) is 5.32 Å². The summed E-state index contributed by atoms with van der Waals surface area (Å²) in [7, 11) is 0. The molecule has 1 atom stereocenters. The lowest BCUT2D eigenvalue weighted by atomic mass is 10.0. The molecule has 37 heavy (non-hydrogen) atoms. The Bertz CT molecular complexity index is 1110. The highest BCUT2D eigenvalue weighted by molar-refractivity contribution is 5.86. The van der Waals surface area contributed by atoms with E-state index in [4.69, 9.17) is 0 Å². The summed E-state index contributed by atoms with van der Waals surface area (Å²) in [4.78, 5) is 17.2. The van der Waals surface area contributed by atoms with E-state index >= 15 is 0 Å². The third-order valence-corrected chi connectivity index (χ3v) is 5.60. The molecule has 1 aromatic heterocycles. The summed E-state index contributed by atoms with van der Waals surface area (Å²) in [5.74, 6) is -0.0982. The van der Waals surface area contributed by atoms with Crippen LogP contribution in [0.3, 0.4) is 0 Å². The first-order chi connectivity index (χ1) is 18.2. The van der Waals surface area contributed by atoms with Gasteiger partial charge in [0.25, 0.3) is 0 Å². The predicted molar refractivity (Wildman–Crippen MR) is 157 cm³/mol. The fourth-order valence-corrected chi connectivity index (χ4v) is 3.64. The molecule has 0 aliphatic rings. The molecule has 0 spiro atoms. The van der Waals surface area contributed by atoms with Crippen LogP contribution in [-0.4, -0.2) is 10.9 Å². The van der Waals surface area contributed by atoms with E-state index in [9.17, 15) is 4.79 Å². The molecule has 0 fully saturated rings. The molecule has 4 nitrogen and oxygen atoms in total. The van der Waals surface area contributed by atoms with Crippen molar-refractivity contribution in [3.63, 3.8) is 0 Å². The second-order valence-corrected chi connectivity index (χ2v) is 8.36. The van der Waals surface area contributed by atoms with Gasteiger partial charge in [-0.05, 0) is 34.9 Å². The van der Waals surface area contributed by atoms with Crippen molar-refractivity contribution in [1.82, 2.24) is 10.3 Å². The van der Waals surface area contributed by atoms with Gasteiger partial charge in [-0.3, -0.25) is 9.78 Å². The topological polar surface area (TPSA) is 54.0 Å². The molecule has 1 amide bonds. The fourth-order valence-electron chi connectivity index (χ4n) is 3.64. The lowest BCUT2D eigenvalue weighted by Gasteiger charge is -2.20. The molecule has 1 heterocycles. The Morgan fingerprint density at radius 3 is 1.89 bits per heavy atom. The van der Waals surface area contributed by atoms with Gasteiger partial charge in [0, 0.05) is 30.2 Å². The zero-order valence-electron chi connectivity index (χ0n) is 22.7. The maximum absolute atomic E-state index is 13.0. The Kier molecular flexibility index (Phi) is 13.9. The van der Waals surface area contributed by atoms with E-state index in [0.717, 1.165) is 27.9 Å². The summed E-state index contributed by atoms with van der Waals surface area (Å²) in [5, 5.41) is 6.38. The van der Waals surface area contributed by atoms with Crippen molar-refractivity contribution in [2.24, 2.45) is 0 Å². The molecule has 2 N–H and O–H groups in total. The van der Waals surface area contributed by atoms with Crippen LogP contribution >= 0.6 is 0 Å². The van der Waals surface area contributed by atoms with Gasteiger partial charge in [-0.2, -0.15) is 0 Å². The van der Waals surface area contributed by atoms with E-state index in [1.54, 1.807) is 12.4 Å². The number of anilines is 1. The molecule has 4 heteroatoms. The predicted octanol–water partition coefficient (Wildman–Crippen LogP) is 8.44. The first kappa shape index (κ1) is 29.3. The normalized spacial score (nSPS) is 10.6. The zero-order valence-corrected chi connectivity index (χ0v) is 22.7. The SMILES string of the molecule is CC.CCCCC.O=C(NCc1ccccc1)C(Nc1ccc(-c2ccccc2)cc1)c1cccnc1. The van der Waals surface area contributed by atoms with Crippen molar-refractivity contribution in [1.29, 1.82) is 0 Å². The molecule has 3 aromatic carbocycles. The van der Waals surface area contributed by atoms with Crippen molar-refractivity contribution < 1.29 is 4.79 Å². The Balaban J connectivity index is 0.000000617. The number of pyridine rings is 1. The van der Waals surface area contributed by atoms with Gasteiger partial charge in [0.15, 0.2) is 0 Å². The maximum atomic E-state index is 13.0. The molecule has 0 radical (unpaired) electrons. The van der Waals surface area contributed by atoms with Crippen molar-refractivity contribution >= 4 is 11.6 Å². The Labute approximate surface area is 223 Å². The Morgan fingerprint density at radius 1 is 0.757 bits per heavy atom. The summed E-state index contributed by atoms with van der Waals surface area (Å²) >= 11 is 0. The van der Waals surface area contributed by atoms with Crippen LogP contribution in [0.15, 0.2) is 109 Å². The summed E-state index contributed by atoms with van der Waals surface area (Å²) in [5.41, 5.74) is 5.04. The molecule has 0 aliphatic heterocycles. The smallest absolute Gasteiger partial charge is 0.247 e. The first-order valence-corrected chi connectivity index (χ1v) is 13.3. The van der Waals surface area contributed by atoms with Crippen molar-refractivity contribution in [3.05, 3.63) is 121 Å². The number of nitrogens with zero attached hydrogens (tertiary/aromatic N) is 1. The minimum Gasteiger partial charge on any atom is -0.370 e. The maximum Gasteiger partial charge on any atom is 0.247 e. The van der Waals surface area contributed by atoms with E-state index in [1.165, 1.54) is 19.3 Å². The van der Waals surface area contributed by atoms with Crippen LogP contribution in [0.5, 0.6) is 0 Å². The summed E-state index contributed by atoms with van der Waals surface area (Å²) in [6, 6.07) is 31.4. The number of carbonyl (C=O) groups is 1. The number of aromatic nitrogens is 1. The average molecular weight is 496 g/mol. The van der Waals surface area contributed by atoms with Gasteiger partial charge in [-0.1, -0.05) is 126 Å². The van der Waals surface area contributed by atoms with E-state index in [-0.39, 0.29) is 5.91 Å². The first-order valence-electron chi connectivity index (χ1n) is 13.3. The van der Waals surface area contributed by atoms with Crippen LogP contribution in [0, 0.1) is 0 Å². The van der Waals surface area contributed by atoms with Gasteiger partial charge >= 0.3 is 0 Å². The van der Waals surface area contributed by atoms with Crippen LogP contribution in [-0.2, 0) is 11.3 Å². The fraction of sp³-hybridized carbons (Fsp3) is 0.273. The van der Waals surface area contributed by atoms with Gasteiger partial charge < -0.3 is 10.6 Å². The lowest BCUT2D eigenvalue weighted by Crippen LogP contribution is -2.33. The quantitative estimate of drug-likeness (QED) is 0.245. The molecule has 0 saturated heterocycles. The molecule has 194 valence electrons. The number of unbranched alkanes of at least 4 members (excludes halogenated alkanes) is 2. The highest BCUT2D eigenvalue weighted by Gasteiger charge is 2.20. The number of amides is 1. The van der Waals surface area contributed by atoms with Gasteiger partial charge in [-0.15, -0.1) is 0 Å². The molecule has 0 saturated carbocycles. The van der Waals surface area contributed by atoms with Crippen LogP contribution in [0.4, 0.5) is 5.69 Å². The van der Waals surface area contributed by atoms with E-state index in [1.807, 2.05) is 86.6 Å². The van der Waals surface area contributed by atoms with E-state index in [2.05, 4.69) is 53.7 Å². The molecule has 1 unspecified atom stereocenters. The van der Waals surface area contributed by atoms with Crippen LogP contribution in [0.2, 0.25) is 0 Å². The second-order valence-electron chi connectivity index (χ2n) is 8.36. The minimum absolute atomic E-state index is 0.0982. The van der Waals surface area contributed by atoms with Crippen molar-refractivity contribution in [2.45, 2.75) is 59.5 Å². The molecule has 4 rings (SSSR count). The number of hydrogen-bond donors (Lipinski definition) is 2. The third kappa shape index (κ3) is 10.3. The van der Waals surface area contributed by atoms with E-state index in [0.29, 0.717) is 6.54 Å². The molecular formula is C33H41N3O. The second kappa shape index (κ2) is 17.5. The molecule has 4 aromatic rings. The average Bonchev–Trinajstić information content (AvgIpc) is 2.98. The monoisotopic (exact) mass is 495 g/mol. The standard InChI is InChI=1S/C26H23N3O.C5H12.C2H6/c30-26(28-18-20-8-3-1-4-9-20)25(23-12-7-17-27-19-23)29-24-15-13-22(14-16-24)21-10-5-2-6-11-21;1-3-5-4-2;1-2/h1-17,19,25,29H,18H2,(H,28,30);3-5H2,1-2H3;1-2H3. The minimum atomic E-state index is -0.537. The lowest BCUT2D eigenvalue weighted by molar-refractivity contribution is -0.122. The summed E-state index contributed by atoms with van der Waals surface area (Å²) in [6.07, 6.45) is 7.50. The van der Waals surface area contributed by atoms with Gasteiger partial charge in [0.2, 0.25) is 5.91 Å². The largest absolute Gasteiger partial charge is 0.370 e. The molecular weight excluding hydrogens is 454 g/mol. The molecule has 0 aliphatic carbocycles. The van der Waals surface area contributed by atoms with Gasteiger partial charge in [0.05, 0.1) is 0 Å². The molecule has 0 bridgehead atoms. The number of carbonyl (C=O) groups excluding carboxylic acids is 1. The van der Waals surface area contributed by atoms with Crippen molar-refractivity contribution in [3.8, 4) is 11.1 Å². The van der Waals surface area contributed by atoms with Gasteiger partial charge in [-0.25, -0.2) is 0 Å². The zero-order chi connectivity index (χ0) is 26.7. The number of hydrogen-bond acceptors (Lipinski definition) is 3. The highest BCUT2D eigenvalue weighted by Crippen LogP contribution is 2.24. The number of benzene rings is 3. The van der Waals surface area contributed by atoms with Crippen LogP contribution < -0.4 is 10.6 Å². The third-order valence-electron chi connectivity index (χ3n) is 5.60. The van der Waals surface area contributed by atoms with Gasteiger partial charge in [0.1, 0.15) is 6.04 Å². The number of nitrogens with one attached hydrogen (secondary N) is 2.